The quantitative estimate of drug-likeness (QED) is 0.768. The van der Waals surface area contributed by atoms with Crippen LogP contribution in [0.15, 0.2) is 40.8 Å². The van der Waals surface area contributed by atoms with Crippen molar-refractivity contribution in [3.8, 4) is 11.5 Å². The number of pyridine rings is 1. The highest BCUT2D eigenvalue weighted by Gasteiger charge is 2.32. The van der Waals surface area contributed by atoms with Crippen LogP contribution in [0, 0.1) is 6.92 Å². The van der Waals surface area contributed by atoms with E-state index in [1.54, 1.807) is 11.1 Å². The van der Waals surface area contributed by atoms with E-state index >= 15 is 0 Å². The number of nitrogens with one attached hydrogen (secondary N) is 1. The molecule has 4 heterocycles. The summed E-state index contributed by atoms with van der Waals surface area (Å²) in [5.41, 5.74) is 1.05. The van der Waals surface area contributed by atoms with E-state index in [0.717, 1.165) is 23.5 Å². The van der Waals surface area contributed by atoms with Crippen molar-refractivity contribution < 1.29 is 4.79 Å². The molecule has 7 nitrogen and oxygen atoms in total. The standard InChI is InChI=1S/C18H17N5O2S/c1-11-21-14(10-26-11)16-20-9-12(17(24)22-16)18(25)23-8-4-6-15(23)13-5-2-3-7-19-13/h2-3,5,7,9-10,15H,4,6,8H2,1H3,(H,20,22,24)/t15-/m1/s1. The van der Waals surface area contributed by atoms with Crippen LogP contribution in [0.1, 0.15) is 39.9 Å². The molecule has 8 heteroatoms. The summed E-state index contributed by atoms with van der Waals surface area (Å²) in [4.78, 5) is 42.7. The second kappa shape index (κ2) is 6.80. The third-order valence-electron chi connectivity index (χ3n) is 4.43. The first-order valence-corrected chi connectivity index (χ1v) is 9.25. The minimum absolute atomic E-state index is 0.0449. The molecule has 0 aliphatic carbocycles. The van der Waals surface area contributed by atoms with Gasteiger partial charge in [0, 0.05) is 24.3 Å². The van der Waals surface area contributed by atoms with Crippen molar-refractivity contribution in [1.82, 2.24) is 24.8 Å². The number of aryl methyl sites for hydroxylation is 1. The van der Waals surface area contributed by atoms with Gasteiger partial charge in [-0.25, -0.2) is 9.97 Å². The Morgan fingerprint density at radius 2 is 2.23 bits per heavy atom. The summed E-state index contributed by atoms with van der Waals surface area (Å²) in [5.74, 6) is 0.0616. The highest BCUT2D eigenvalue weighted by Crippen LogP contribution is 2.31. The molecule has 1 aliphatic heterocycles. The van der Waals surface area contributed by atoms with Crippen molar-refractivity contribution in [3.05, 3.63) is 62.6 Å². The molecular weight excluding hydrogens is 350 g/mol. The number of aromatic amines is 1. The first kappa shape index (κ1) is 16.6. The van der Waals surface area contributed by atoms with Gasteiger partial charge < -0.3 is 9.88 Å². The first-order valence-electron chi connectivity index (χ1n) is 8.37. The molecule has 0 radical (unpaired) electrons. The zero-order valence-electron chi connectivity index (χ0n) is 14.2. The van der Waals surface area contributed by atoms with E-state index in [4.69, 9.17) is 0 Å². The molecule has 1 N–H and O–H groups in total. The third kappa shape index (κ3) is 3.03. The molecule has 3 aromatic rings. The molecule has 0 saturated carbocycles. The van der Waals surface area contributed by atoms with E-state index in [1.807, 2.05) is 30.5 Å². The Balaban J connectivity index is 1.63. The molecule has 1 fully saturated rings. The molecule has 3 aromatic heterocycles. The lowest BCUT2D eigenvalue weighted by molar-refractivity contribution is 0.0730. The fourth-order valence-corrected chi connectivity index (χ4v) is 3.79. The van der Waals surface area contributed by atoms with Crippen LogP contribution in [0.2, 0.25) is 0 Å². The van der Waals surface area contributed by atoms with Crippen molar-refractivity contribution >= 4 is 17.2 Å². The monoisotopic (exact) mass is 367 g/mol. The van der Waals surface area contributed by atoms with Gasteiger partial charge in [0.1, 0.15) is 11.3 Å². The molecule has 0 bridgehead atoms. The number of thiazole rings is 1. The molecule has 0 spiro atoms. The molecular formula is C18H17N5O2S. The molecule has 0 aromatic carbocycles. The van der Waals surface area contributed by atoms with E-state index < -0.39 is 5.56 Å². The van der Waals surface area contributed by atoms with Gasteiger partial charge in [-0.1, -0.05) is 6.07 Å². The lowest BCUT2D eigenvalue weighted by atomic mass is 10.1. The average molecular weight is 367 g/mol. The van der Waals surface area contributed by atoms with Gasteiger partial charge in [-0.3, -0.25) is 14.6 Å². The molecule has 1 saturated heterocycles. The Hall–Kier alpha value is -2.87. The molecule has 0 unspecified atom stereocenters. The number of likely N-dealkylation sites (tertiary alicyclic amines) is 1. The maximum atomic E-state index is 12.9. The maximum Gasteiger partial charge on any atom is 0.264 e. The number of nitrogens with zero attached hydrogens (tertiary/aromatic N) is 4. The van der Waals surface area contributed by atoms with E-state index in [2.05, 4.69) is 19.9 Å². The normalized spacial score (nSPS) is 16.8. The van der Waals surface area contributed by atoms with E-state index in [1.165, 1.54) is 17.5 Å². The van der Waals surface area contributed by atoms with E-state index in [0.29, 0.717) is 18.1 Å². The van der Waals surface area contributed by atoms with E-state index in [-0.39, 0.29) is 17.5 Å². The van der Waals surface area contributed by atoms with Gasteiger partial charge in [0.2, 0.25) is 0 Å². The van der Waals surface area contributed by atoms with Crippen LogP contribution in [-0.2, 0) is 0 Å². The molecule has 26 heavy (non-hydrogen) atoms. The molecule has 1 amide bonds. The summed E-state index contributed by atoms with van der Waals surface area (Å²) in [5, 5.41) is 2.71. The Bertz CT molecular complexity index is 998. The van der Waals surface area contributed by atoms with Crippen LogP contribution in [-0.4, -0.2) is 37.3 Å². The van der Waals surface area contributed by atoms with E-state index in [9.17, 15) is 9.59 Å². The number of amides is 1. The predicted molar refractivity (Wildman–Crippen MR) is 98.0 cm³/mol. The summed E-state index contributed by atoms with van der Waals surface area (Å²) in [6, 6.07) is 5.55. The van der Waals surface area contributed by atoms with Crippen molar-refractivity contribution in [3.63, 3.8) is 0 Å². The second-order valence-corrected chi connectivity index (χ2v) is 7.20. The van der Waals surface area contributed by atoms with Crippen LogP contribution in [0.4, 0.5) is 0 Å². The highest BCUT2D eigenvalue weighted by molar-refractivity contribution is 7.09. The number of aromatic nitrogens is 4. The lowest BCUT2D eigenvalue weighted by Gasteiger charge is -2.23. The maximum absolute atomic E-state index is 12.9. The zero-order valence-corrected chi connectivity index (χ0v) is 15.0. The highest BCUT2D eigenvalue weighted by atomic mass is 32.1. The third-order valence-corrected chi connectivity index (χ3v) is 5.21. The molecule has 1 atom stereocenters. The minimum Gasteiger partial charge on any atom is -0.330 e. The van der Waals surface area contributed by atoms with Gasteiger partial charge in [-0.2, -0.15) is 0 Å². The van der Waals surface area contributed by atoms with Gasteiger partial charge in [0.15, 0.2) is 5.82 Å². The Labute approximate surface area is 153 Å². The number of carbonyl (C=O) groups excluding carboxylic acids is 1. The van der Waals surface area contributed by atoms with Gasteiger partial charge in [-0.15, -0.1) is 11.3 Å². The van der Waals surface area contributed by atoms with Crippen molar-refractivity contribution in [2.24, 2.45) is 0 Å². The molecule has 4 rings (SSSR count). The predicted octanol–water partition coefficient (Wildman–Crippen LogP) is 2.57. The van der Waals surface area contributed by atoms with Crippen LogP contribution >= 0.6 is 11.3 Å². The number of hydrogen-bond acceptors (Lipinski definition) is 6. The average Bonchev–Trinajstić information content (AvgIpc) is 3.31. The van der Waals surface area contributed by atoms with Crippen LogP contribution in [0.25, 0.3) is 11.5 Å². The first-order chi connectivity index (χ1) is 12.6. The second-order valence-electron chi connectivity index (χ2n) is 6.14. The molecule has 132 valence electrons. The van der Waals surface area contributed by atoms with Gasteiger partial charge in [0.05, 0.1) is 16.7 Å². The number of H-pyrrole nitrogens is 1. The lowest BCUT2D eigenvalue weighted by Crippen LogP contribution is -2.35. The fraction of sp³-hybridized carbons (Fsp3) is 0.278. The smallest absolute Gasteiger partial charge is 0.264 e. The Morgan fingerprint density at radius 1 is 1.35 bits per heavy atom. The van der Waals surface area contributed by atoms with Crippen molar-refractivity contribution in [2.45, 2.75) is 25.8 Å². The largest absolute Gasteiger partial charge is 0.330 e. The summed E-state index contributed by atoms with van der Waals surface area (Å²) in [6.45, 7) is 2.49. The van der Waals surface area contributed by atoms with Crippen LogP contribution in [0.5, 0.6) is 0 Å². The van der Waals surface area contributed by atoms with Crippen molar-refractivity contribution in [1.29, 1.82) is 0 Å². The number of rotatable bonds is 3. The van der Waals surface area contributed by atoms with Gasteiger partial charge >= 0.3 is 0 Å². The van der Waals surface area contributed by atoms with Crippen LogP contribution in [0.3, 0.4) is 0 Å². The van der Waals surface area contributed by atoms with Crippen LogP contribution < -0.4 is 5.56 Å². The molecule has 1 aliphatic rings. The van der Waals surface area contributed by atoms with Gasteiger partial charge in [0.25, 0.3) is 11.5 Å². The Morgan fingerprint density at radius 3 is 2.92 bits per heavy atom. The van der Waals surface area contributed by atoms with Gasteiger partial charge in [-0.05, 0) is 31.9 Å². The minimum atomic E-state index is -0.447. The number of carbonyl (C=O) groups is 1. The summed E-state index contributed by atoms with van der Waals surface area (Å²) in [6.07, 6.45) is 4.78. The summed E-state index contributed by atoms with van der Waals surface area (Å²) >= 11 is 1.48. The fourth-order valence-electron chi connectivity index (χ4n) is 3.19. The SMILES string of the molecule is Cc1nc(-c2ncc(C(=O)N3CCC[C@@H]3c3ccccn3)c(=O)[nH]2)cs1. The topological polar surface area (TPSA) is 91.8 Å². The van der Waals surface area contributed by atoms with Crippen molar-refractivity contribution in [2.75, 3.05) is 6.54 Å². The number of hydrogen-bond donors (Lipinski definition) is 1. The Kier molecular flexibility index (Phi) is 4.34. The zero-order chi connectivity index (χ0) is 18.1. The summed E-state index contributed by atoms with van der Waals surface area (Å²) in [7, 11) is 0. The summed E-state index contributed by atoms with van der Waals surface area (Å²) < 4.78 is 0.